The zero-order chi connectivity index (χ0) is 13.2. The number of carbonyl (C=O) groups excluding carboxylic acids is 1. The lowest BCUT2D eigenvalue weighted by molar-refractivity contribution is -0.152. The van der Waals surface area contributed by atoms with Crippen molar-refractivity contribution in [3.8, 4) is 0 Å². The highest BCUT2D eigenvalue weighted by atomic mass is 35.5. The molecule has 2 N–H and O–H groups in total. The van der Waals surface area contributed by atoms with E-state index >= 15 is 0 Å². The van der Waals surface area contributed by atoms with Crippen molar-refractivity contribution in [2.24, 2.45) is 11.1 Å². The van der Waals surface area contributed by atoms with Gasteiger partial charge in [-0.05, 0) is 25.5 Å². The molecule has 0 heterocycles. The molecule has 1 atom stereocenters. The Kier molecular flexibility index (Phi) is 6.44. The van der Waals surface area contributed by atoms with E-state index in [2.05, 4.69) is 0 Å². The Labute approximate surface area is 123 Å². The van der Waals surface area contributed by atoms with Gasteiger partial charge in [-0.2, -0.15) is 0 Å². The Hall–Kier alpha value is -0.480. The monoisotopic (exact) mass is 311 g/mol. The van der Waals surface area contributed by atoms with E-state index in [0.717, 1.165) is 0 Å². The molecule has 0 aliphatic rings. The molecule has 102 valence electrons. The first-order valence-corrected chi connectivity index (χ1v) is 5.86. The number of rotatable bonds is 3. The quantitative estimate of drug-likeness (QED) is 0.867. The molecule has 0 aliphatic carbocycles. The molecule has 0 saturated carbocycles. The van der Waals surface area contributed by atoms with Gasteiger partial charge < -0.3 is 10.5 Å². The second kappa shape index (κ2) is 6.62. The Morgan fingerprint density at radius 2 is 1.94 bits per heavy atom. The van der Waals surface area contributed by atoms with Gasteiger partial charge in [-0.15, -0.1) is 12.4 Å². The Morgan fingerprint density at radius 3 is 2.44 bits per heavy atom. The van der Waals surface area contributed by atoms with Gasteiger partial charge in [0.05, 0.1) is 22.6 Å². The van der Waals surface area contributed by atoms with Gasteiger partial charge in [0.25, 0.3) is 0 Å². The Morgan fingerprint density at radius 1 is 1.39 bits per heavy atom. The number of carbonyl (C=O) groups is 1. The molecule has 0 unspecified atom stereocenters. The van der Waals surface area contributed by atoms with Crippen LogP contribution in [0.3, 0.4) is 0 Å². The highest BCUT2D eigenvalue weighted by molar-refractivity contribution is 6.42. The normalized spacial score (nSPS) is 12.6. The maximum Gasteiger partial charge on any atom is 0.313 e. The lowest BCUT2D eigenvalue weighted by Crippen LogP contribution is -2.37. The first-order chi connectivity index (χ1) is 7.82. The van der Waals surface area contributed by atoms with Crippen molar-refractivity contribution in [3.63, 3.8) is 0 Å². The van der Waals surface area contributed by atoms with Crippen LogP contribution in [-0.2, 0) is 9.53 Å². The van der Waals surface area contributed by atoms with E-state index < -0.39 is 11.5 Å². The molecule has 1 aromatic rings. The average molecular weight is 313 g/mol. The number of nitrogens with two attached hydrogens (primary N) is 1. The number of ether oxygens (including phenoxy) is 1. The highest BCUT2D eigenvalue weighted by Gasteiger charge is 2.37. The second-order valence-electron chi connectivity index (χ2n) is 4.33. The van der Waals surface area contributed by atoms with Crippen molar-refractivity contribution in [3.05, 3.63) is 33.8 Å². The van der Waals surface area contributed by atoms with E-state index in [4.69, 9.17) is 33.7 Å². The Balaban J connectivity index is 0.00000289. The van der Waals surface area contributed by atoms with Gasteiger partial charge in [0.2, 0.25) is 0 Å². The SMILES string of the molecule is COC(=O)C(C)(C)[C@H](N)c1cccc(Cl)c1Cl.Cl. The van der Waals surface area contributed by atoms with Gasteiger partial charge in [0, 0.05) is 6.04 Å². The molecular weight excluding hydrogens is 296 g/mol. The van der Waals surface area contributed by atoms with Gasteiger partial charge in [-0.25, -0.2) is 0 Å². The highest BCUT2D eigenvalue weighted by Crippen LogP contribution is 2.38. The maximum absolute atomic E-state index is 11.7. The van der Waals surface area contributed by atoms with Crippen LogP contribution < -0.4 is 5.73 Å². The van der Waals surface area contributed by atoms with Crippen molar-refractivity contribution in [2.45, 2.75) is 19.9 Å². The van der Waals surface area contributed by atoms with Crippen LogP contribution in [0, 0.1) is 5.41 Å². The van der Waals surface area contributed by atoms with Crippen LogP contribution >= 0.6 is 35.6 Å². The first kappa shape index (κ1) is 17.5. The number of halogens is 3. The topological polar surface area (TPSA) is 52.3 Å². The van der Waals surface area contributed by atoms with Gasteiger partial charge in [0.1, 0.15) is 0 Å². The van der Waals surface area contributed by atoms with Gasteiger partial charge in [-0.1, -0.05) is 35.3 Å². The predicted octanol–water partition coefficient (Wildman–Crippen LogP) is 3.61. The minimum atomic E-state index is -0.872. The van der Waals surface area contributed by atoms with Crippen LogP contribution in [0.2, 0.25) is 10.0 Å². The van der Waals surface area contributed by atoms with Crippen molar-refractivity contribution in [1.82, 2.24) is 0 Å². The molecule has 0 bridgehead atoms. The van der Waals surface area contributed by atoms with Gasteiger partial charge >= 0.3 is 5.97 Å². The number of hydrogen-bond donors (Lipinski definition) is 1. The summed E-state index contributed by atoms with van der Waals surface area (Å²) in [6.07, 6.45) is 0. The van der Waals surface area contributed by atoms with Crippen molar-refractivity contribution in [1.29, 1.82) is 0 Å². The van der Waals surface area contributed by atoms with Gasteiger partial charge in [-0.3, -0.25) is 4.79 Å². The average Bonchev–Trinajstić information content (AvgIpc) is 2.30. The van der Waals surface area contributed by atoms with Crippen LogP contribution in [0.15, 0.2) is 18.2 Å². The minimum absolute atomic E-state index is 0. The van der Waals surface area contributed by atoms with E-state index in [0.29, 0.717) is 15.6 Å². The summed E-state index contributed by atoms with van der Waals surface area (Å²) in [6.45, 7) is 3.42. The number of hydrogen-bond acceptors (Lipinski definition) is 3. The summed E-state index contributed by atoms with van der Waals surface area (Å²) < 4.78 is 4.73. The summed E-state index contributed by atoms with van der Waals surface area (Å²) >= 11 is 12.0. The molecule has 0 amide bonds. The molecule has 0 spiro atoms. The Bertz CT molecular complexity index is 435. The zero-order valence-corrected chi connectivity index (χ0v) is 12.7. The molecule has 0 fully saturated rings. The van der Waals surface area contributed by atoms with Crippen molar-refractivity contribution < 1.29 is 9.53 Å². The number of methoxy groups -OCH3 is 1. The van der Waals surface area contributed by atoms with Gasteiger partial charge in [0.15, 0.2) is 0 Å². The molecule has 6 heteroatoms. The lowest BCUT2D eigenvalue weighted by Gasteiger charge is -2.29. The van der Waals surface area contributed by atoms with Crippen LogP contribution in [0.5, 0.6) is 0 Å². The molecule has 0 aromatic heterocycles. The van der Waals surface area contributed by atoms with E-state index in [9.17, 15) is 4.79 Å². The van der Waals surface area contributed by atoms with Crippen molar-refractivity contribution in [2.75, 3.05) is 7.11 Å². The van der Waals surface area contributed by atoms with Crippen LogP contribution in [-0.4, -0.2) is 13.1 Å². The van der Waals surface area contributed by atoms with Crippen LogP contribution in [0.4, 0.5) is 0 Å². The van der Waals surface area contributed by atoms with Crippen LogP contribution in [0.1, 0.15) is 25.5 Å². The van der Waals surface area contributed by atoms with Crippen LogP contribution in [0.25, 0.3) is 0 Å². The molecule has 1 aromatic carbocycles. The van der Waals surface area contributed by atoms with E-state index in [1.54, 1.807) is 32.0 Å². The fourth-order valence-corrected chi connectivity index (χ4v) is 1.96. The molecule has 0 saturated heterocycles. The summed E-state index contributed by atoms with van der Waals surface area (Å²) in [5.74, 6) is -0.388. The first-order valence-electron chi connectivity index (χ1n) is 5.10. The van der Waals surface area contributed by atoms with E-state index in [1.807, 2.05) is 0 Å². The van der Waals surface area contributed by atoms with Crippen molar-refractivity contribution >= 4 is 41.6 Å². The molecule has 1 rings (SSSR count). The summed E-state index contributed by atoms with van der Waals surface area (Å²) in [7, 11) is 1.33. The maximum atomic E-state index is 11.7. The largest absolute Gasteiger partial charge is 0.469 e. The third-order valence-corrected chi connectivity index (χ3v) is 3.64. The van der Waals surface area contributed by atoms with E-state index in [-0.39, 0.29) is 18.4 Å². The molecule has 3 nitrogen and oxygen atoms in total. The summed E-state index contributed by atoms with van der Waals surface area (Å²) in [4.78, 5) is 11.7. The molecule has 0 aliphatic heterocycles. The molecule has 0 radical (unpaired) electrons. The van der Waals surface area contributed by atoms with E-state index in [1.165, 1.54) is 7.11 Å². The fourth-order valence-electron chi connectivity index (χ4n) is 1.54. The third-order valence-electron chi connectivity index (χ3n) is 2.81. The minimum Gasteiger partial charge on any atom is -0.469 e. The molecule has 18 heavy (non-hydrogen) atoms. The summed E-state index contributed by atoms with van der Waals surface area (Å²) in [6, 6.07) is 4.59. The predicted molar refractivity (Wildman–Crippen MR) is 76.4 cm³/mol. The molecular formula is C12H16Cl3NO2. The zero-order valence-electron chi connectivity index (χ0n) is 10.4. The lowest BCUT2D eigenvalue weighted by atomic mass is 9.81. The standard InChI is InChI=1S/C12H15Cl2NO2.ClH/c1-12(2,11(16)17-3)10(15)7-5-4-6-8(13)9(7)14;/h4-6,10H,15H2,1-3H3;1H/t10-;/m1./s1. The fraction of sp³-hybridized carbons (Fsp3) is 0.417. The summed E-state index contributed by atoms with van der Waals surface area (Å²) in [5, 5.41) is 0.791. The third kappa shape index (κ3) is 3.29. The summed E-state index contributed by atoms with van der Waals surface area (Å²) in [5.41, 5.74) is 5.84. The second-order valence-corrected chi connectivity index (χ2v) is 5.12. The number of benzene rings is 1. The number of esters is 1. The smallest absolute Gasteiger partial charge is 0.313 e.